The van der Waals surface area contributed by atoms with Crippen molar-refractivity contribution in [3.8, 4) is 0 Å². The second-order valence-corrected chi connectivity index (χ2v) is 5.34. The molecular formula is C10H13BrN4S. The maximum Gasteiger partial charge on any atom is 0.140 e. The summed E-state index contributed by atoms with van der Waals surface area (Å²) in [5, 5.41) is 9.54. The van der Waals surface area contributed by atoms with Crippen LogP contribution >= 0.6 is 27.3 Å². The molecule has 1 N–H and O–H groups in total. The Labute approximate surface area is 107 Å². The van der Waals surface area contributed by atoms with Gasteiger partial charge in [-0.1, -0.05) is 0 Å². The van der Waals surface area contributed by atoms with Gasteiger partial charge in [-0.2, -0.15) is 5.10 Å². The molecule has 0 aliphatic carbocycles. The zero-order valence-electron chi connectivity index (χ0n) is 9.14. The third kappa shape index (κ3) is 2.50. The zero-order valence-corrected chi connectivity index (χ0v) is 11.5. The molecule has 0 aliphatic rings. The first-order chi connectivity index (χ1) is 7.68. The second kappa shape index (κ2) is 5.07. The summed E-state index contributed by atoms with van der Waals surface area (Å²) in [6, 6.07) is 2.38. The summed E-state index contributed by atoms with van der Waals surface area (Å²) < 4.78 is 2.94. The predicted molar refractivity (Wildman–Crippen MR) is 68.3 cm³/mol. The molecule has 2 aromatic rings. The van der Waals surface area contributed by atoms with Crippen LogP contribution in [0.25, 0.3) is 0 Å². The molecule has 0 amide bonds. The number of hydrogen-bond acceptors (Lipinski definition) is 4. The molecule has 6 heteroatoms. The topological polar surface area (TPSA) is 42.7 Å². The summed E-state index contributed by atoms with van der Waals surface area (Å²) in [4.78, 5) is 5.48. The molecule has 0 spiro atoms. The van der Waals surface area contributed by atoms with Gasteiger partial charge in [0.25, 0.3) is 0 Å². The summed E-state index contributed by atoms with van der Waals surface area (Å²) in [7, 11) is 1.90. The lowest BCUT2D eigenvalue weighted by molar-refractivity contribution is 0.545. The van der Waals surface area contributed by atoms with E-state index in [0.717, 1.165) is 16.8 Å². The standard InChI is InChI=1S/C10H13BrN4S/c1-7(10-8(11)3-4-16-10)12-5-9-13-6-14-15(9)2/h3-4,6-7,12H,5H2,1-2H3. The van der Waals surface area contributed by atoms with Crippen molar-refractivity contribution in [2.24, 2.45) is 7.05 Å². The molecule has 4 nitrogen and oxygen atoms in total. The van der Waals surface area contributed by atoms with E-state index in [-0.39, 0.29) is 0 Å². The third-order valence-electron chi connectivity index (χ3n) is 2.41. The average Bonchev–Trinajstić information content (AvgIpc) is 2.84. The fourth-order valence-corrected chi connectivity index (χ4v) is 3.18. The number of halogens is 1. The van der Waals surface area contributed by atoms with Crippen molar-refractivity contribution >= 4 is 27.3 Å². The summed E-state index contributed by atoms with van der Waals surface area (Å²) in [5.74, 6) is 0.944. The Morgan fingerprint density at radius 2 is 2.44 bits per heavy atom. The van der Waals surface area contributed by atoms with Crippen LogP contribution in [0, 0.1) is 0 Å². The Morgan fingerprint density at radius 1 is 1.62 bits per heavy atom. The van der Waals surface area contributed by atoms with E-state index in [0.29, 0.717) is 6.04 Å². The lowest BCUT2D eigenvalue weighted by Crippen LogP contribution is -2.19. The molecule has 1 unspecified atom stereocenters. The van der Waals surface area contributed by atoms with Crippen LogP contribution in [0.2, 0.25) is 0 Å². The first-order valence-corrected chi connectivity index (χ1v) is 6.65. The minimum Gasteiger partial charge on any atom is -0.302 e. The first-order valence-electron chi connectivity index (χ1n) is 4.97. The van der Waals surface area contributed by atoms with Gasteiger partial charge in [0.2, 0.25) is 0 Å². The highest BCUT2D eigenvalue weighted by Crippen LogP contribution is 2.28. The number of hydrogen-bond donors (Lipinski definition) is 1. The normalized spacial score (nSPS) is 12.9. The minimum atomic E-state index is 0.311. The SMILES string of the molecule is CC(NCc1ncnn1C)c1sccc1Br. The van der Waals surface area contributed by atoms with E-state index in [1.54, 1.807) is 22.3 Å². The van der Waals surface area contributed by atoms with Gasteiger partial charge in [-0.05, 0) is 34.3 Å². The van der Waals surface area contributed by atoms with Gasteiger partial charge in [-0.25, -0.2) is 4.98 Å². The molecule has 0 aliphatic heterocycles. The van der Waals surface area contributed by atoms with Crippen molar-refractivity contribution in [3.05, 3.63) is 32.9 Å². The molecule has 2 rings (SSSR count). The van der Waals surface area contributed by atoms with Crippen molar-refractivity contribution < 1.29 is 0 Å². The zero-order chi connectivity index (χ0) is 11.5. The lowest BCUT2D eigenvalue weighted by Gasteiger charge is -2.12. The molecule has 0 saturated heterocycles. The number of rotatable bonds is 4. The Balaban J connectivity index is 1.97. The molecule has 0 saturated carbocycles. The number of aromatic nitrogens is 3. The van der Waals surface area contributed by atoms with Gasteiger partial charge >= 0.3 is 0 Å². The summed E-state index contributed by atoms with van der Waals surface area (Å²) in [5.41, 5.74) is 0. The van der Waals surface area contributed by atoms with Gasteiger partial charge < -0.3 is 5.32 Å². The molecule has 0 fully saturated rings. The van der Waals surface area contributed by atoms with Crippen LogP contribution < -0.4 is 5.32 Å². The fourth-order valence-electron chi connectivity index (χ4n) is 1.43. The van der Waals surface area contributed by atoms with E-state index < -0.39 is 0 Å². The van der Waals surface area contributed by atoms with Gasteiger partial charge in [-0.15, -0.1) is 11.3 Å². The minimum absolute atomic E-state index is 0.311. The van der Waals surface area contributed by atoms with Crippen molar-refractivity contribution in [1.82, 2.24) is 20.1 Å². The average molecular weight is 301 g/mol. The van der Waals surface area contributed by atoms with Crippen LogP contribution in [0.5, 0.6) is 0 Å². The molecule has 2 aromatic heterocycles. The number of aryl methyl sites for hydroxylation is 1. The van der Waals surface area contributed by atoms with E-state index in [4.69, 9.17) is 0 Å². The third-order valence-corrected chi connectivity index (χ3v) is 4.46. The quantitative estimate of drug-likeness (QED) is 0.943. The van der Waals surface area contributed by atoms with Crippen molar-refractivity contribution in [1.29, 1.82) is 0 Å². The summed E-state index contributed by atoms with van der Waals surface area (Å²) in [6.07, 6.45) is 1.57. The maximum absolute atomic E-state index is 4.17. The monoisotopic (exact) mass is 300 g/mol. The Hall–Kier alpha value is -0.720. The van der Waals surface area contributed by atoms with Gasteiger partial charge in [0, 0.05) is 22.4 Å². The molecule has 0 aromatic carbocycles. The molecule has 0 bridgehead atoms. The number of nitrogens with one attached hydrogen (secondary N) is 1. The van der Waals surface area contributed by atoms with E-state index in [2.05, 4.69) is 49.7 Å². The van der Waals surface area contributed by atoms with E-state index in [1.807, 2.05) is 7.05 Å². The fraction of sp³-hybridized carbons (Fsp3) is 0.400. The second-order valence-electron chi connectivity index (χ2n) is 3.54. The summed E-state index contributed by atoms with van der Waals surface area (Å²) in [6.45, 7) is 2.87. The van der Waals surface area contributed by atoms with Crippen LogP contribution in [0.15, 0.2) is 22.2 Å². The highest BCUT2D eigenvalue weighted by atomic mass is 79.9. The molecule has 0 radical (unpaired) electrons. The predicted octanol–water partition coefficient (Wildman–Crippen LogP) is 2.49. The Bertz CT molecular complexity index is 465. The van der Waals surface area contributed by atoms with Crippen LogP contribution in [0.3, 0.4) is 0 Å². The molecule has 16 heavy (non-hydrogen) atoms. The summed E-state index contributed by atoms with van der Waals surface area (Å²) >= 11 is 5.28. The van der Waals surface area contributed by atoms with Crippen molar-refractivity contribution in [3.63, 3.8) is 0 Å². The van der Waals surface area contributed by atoms with Crippen LogP contribution in [0.4, 0.5) is 0 Å². The van der Waals surface area contributed by atoms with Gasteiger partial charge in [0.05, 0.1) is 6.54 Å². The Kier molecular flexibility index (Phi) is 3.73. The van der Waals surface area contributed by atoms with Crippen molar-refractivity contribution in [2.45, 2.75) is 19.5 Å². The van der Waals surface area contributed by atoms with Gasteiger partial charge in [0.15, 0.2) is 0 Å². The molecule has 1 atom stereocenters. The highest BCUT2D eigenvalue weighted by Gasteiger charge is 2.11. The largest absolute Gasteiger partial charge is 0.302 e. The highest BCUT2D eigenvalue weighted by molar-refractivity contribution is 9.10. The maximum atomic E-state index is 4.17. The Morgan fingerprint density at radius 3 is 3.00 bits per heavy atom. The van der Waals surface area contributed by atoms with Gasteiger partial charge in [0.1, 0.15) is 12.2 Å². The van der Waals surface area contributed by atoms with Gasteiger partial charge in [-0.3, -0.25) is 4.68 Å². The molecule has 2 heterocycles. The molecular weight excluding hydrogens is 288 g/mol. The van der Waals surface area contributed by atoms with Crippen LogP contribution in [-0.2, 0) is 13.6 Å². The van der Waals surface area contributed by atoms with E-state index >= 15 is 0 Å². The van der Waals surface area contributed by atoms with Crippen LogP contribution in [0.1, 0.15) is 23.7 Å². The first kappa shape index (κ1) is 11.8. The van der Waals surface area contributed by atoms with Crippen LogP contribution in [-0.4, -0.2) is 14.8 Å². The van der Waals surface area contributed by atoms with Crippen molar-refractivity contribution in [2.75, 3.05) is 0 Å². The molecule has 86 valence electrons. The van der Waals surface area contributed by atoms with E-state index in [9.17, 15) is 0 Å². The van der Waals surface area contributed by atoms with E-state index in [1.165, 1.54) is 4.88 Å². The smallest absolute Gasteiger partial charge is 0.140 e. The number of thiophene rings is 1. The number of nitrogens with zero attached hydrogens (tertiary/aromatic N) is 3. The lowest BCUT2D eigenvalue weighted by atomic mass is 10.3.